The average Bonchev–Trinajstić information content (AvgIpc) is 3.30. The number of rotatable bonds is 8. The van der Waals surface area contributed by atoms with Crippen LogP contribution in [0.4, 0.5) is 0 Å². The van der Waals surface area contributed by atoms with Crippen molar-refractivity contribution in [1.82, 2.24) is 0 Å². The van der Waals surface area contributed by atoms with Crippen molar-refractivity contribution in [3.8, 4) is 0 Å². The molecule has 0 aromatic heterocycles. The van der Waals surface area contributed by atoms with Gasteiger partial charge in [-0.1, -0.05) is 32.6 Å². The van der Waals surface area contributed by atoms with E-state index in [1.165, 1.54) is 0 Å². The monoisotopic (exact) mass is 520 g/mol. The Morgan fingerprint density at radius 1 is 0.865 bits per heavy atom. The summed E-state index contributed by atoms with van der Waals surface area (Å²) in [5.74, 6) is -7.05. The van der Waals surface area contributed by atoms with Gasteiger partial charge in [0.1, 0.15) is 6.10 Å². The van der Waals surface area contributed by atoms with Crippen LogP contribution < -0.4 is 0 Å². The fraction of sp³-hybridized carbons (Fsp3) is 0.654. The second kappa shape index (κ2) is 11.2. The largest absolute Gasteiger partial charge is 0.460 e. The molecule has 1 fully saturated rings. The van der Waals surface area contributed by atoms with Gasteiger partial charge in [-0.15, -0.1) is 0 Å². The van der Waals surface area contributed by atoms with Crippen molar-refractivity contribution in [2.45, 2.75) is 95.5 Å². The summed E-state index contributed by atoms with van der Waals surface area (Å²) in [7, 11) is 0. The third kappa shape index (κ3) is 5.39. The fourth-order valence-electron chi connectivity index (χ4n) is 5.71. The number of ether oxygens (including phenoxy) is 3. The molecule has 0 aromatic rings. The van der Waals surface area contributed by atoms with E-state index in [0.29, 0.717) is 19.3 Å². The van der Waals surface area contributed by atoms with Crippen LogP contribution in [0.2, 0.25) is 0 Å². The van der Waals surface area contributed by atoms with Gasteiger partial charge in [0.15, 0.2) is 0 Å². The molecule has 11 heteroatoms. The van der Waals surface area contributed by atoms with Crippen LogP contribution >= 0.6 is 0 Å². The first-order chi connectivity index (χ1) is 17.6. The third-order valence-corrected chi connectivity index (χ3v) is 7.64. The molecule has 11 nitrogen and oxygen atoms in total. The molecule has 3 unspecified atom stereocenters. The predicted octanol–water partition coefficient (Wildman–Crippen LogP) is 0.921. The predicted molar refractivity (Wildman–Crippen MR) is 123 cm³/mol. The minimum atomic E-state index is -1.83. The number of hydrogen-bond acceptors (Lipinski definition) is 11. The Hall–Kier alpha value is -2.89. The lowest BCUT2D eigenvalue weighted by Crippen LogP contribution is -2.40. The molecular formula is C26H32O11. The van der Waals surface area contributed by atoms with Crippen molar-refractivity contribution in [2.75, 3.05) is 0 Å². The summed E-state index contributed by atoms with van der Waals surface area (Å²) in [6, 6.07) is 0. The minimum absolute atomic E-state index is 0.144. The van der Waals surface area contributed by atoms with E-state index in [-0.39, 0.29) is 42.4 Å². The Morgan fingerprint density at radius 2 is 1.49 bits per heavy atom. The van der Waals surface area contributed by atoms with Crippen LogP contribution in [0.25, 0.3) is 0 Å². The Morgan fingerprint density at radius 3 is 2.11 bits per heavy atom. The van der Waals surface area contributed by atoms with Gasteiger partial charge < -0.3 is 29.5 Å². The first-order valence-corrected chi connectivity index (χ1v) is 12.9. The van der Waals surface area contributed by atoms with Crippen molar-refractivity contribution in [3.05, 3.63) is 22.3 Å². The highest BCUT2D eigenvalue weighted by Gasteiger charge is 2.51. The normalized spacial score (nSPS) is 30.1. The van der Waals surface area contributed by atoms with Gasteiger partial charge in [-0.2, -0.15) is 0 Å². The second-order valence-electron chi connectivity index (χ2n) is 10.1. The minimum Gasteiger partial charge on any atom is -0.460 e. The van der Waals surface area contributed by atoms with E-state index in [1.807, 2.05) is 6.92 Å². The summed E-state index contributed by atoms with van der Waals surface area (Å²) in [6.45, 7) is 2.02. The Balaban J connectivity index is 1.77. The summed E-state index contributed by atoms with van der Waals surface area (Å²) in [6.07, 6.45) is -1.62. The number of unbranched alkanes of at least 4 members (excludes halogenated alkanes) is 3. The first kappa shape index (κ1) is 27.2. The van der Waals surface area contributed by atoms with E-state index in [0.717, 1.165) is 19.3 Å². The van der Waals surface area contributed by atoms with E-state index >= 15 is 0 Å². The van der Waals surface area contributed by atoms with Gasteiger partial charge in [0.05, 0.1) is 35.0 Å². The lowest BCUT2D eigenvalue weighted by molar-refractivity contribution is -0.164. The van der Waals surface area contributed by atoms with Crippen LogP contribution in [-0.2, 0) is 38.2 Å². The molecule has 0 radical (unpaired) electrons. The summed E-state index contributed by atoms with van der Waals surface area (Å²) in [5, 5.41) is 33.6. The summed E-state index contributed by atoms with van der Waals surface area (Å²) in [4.78, 5) is 62.7. The molecule has 0 aromatic carbocycles. The molecule has 6 atom stereocenters. The lowest BCUT2D eigenvalue weighted by Gasteiger charge is -2.32. The van der Waals surface area contributed by atoms with Gasteiger partial charge in [0.25, 0.3) is 0 Å². The van der Waals surface area contributed by atoms with Gasteiger partial charge in [0.2, 0.25) is 0 Å². The van der Waals surface area contributed by atoms with Gasteiger partial charge in [-0.25, -0.2) is 19.2 Å². The third-order valence-electron chi connectivity index (χ3n) is 7.64. The van der Waals surface area contributed by atoms with E-state index in [4.69, 9.17) is 14.2 Å². The van der Waals surface area contributed by atoms with E-state index in [9.17, 15) is 39.3 Å². The second-order valence-corrected chi connectivity index (χ2v) is 10.1. The van der Waals surface area contributed by atoms with Crippen LogP contribution in [0.3, 0.4) is 0 Å². The number of aliphatic hydroxyl groups is 3. The van der Waals surface area contributed by atoms with Crippen molar-refractivity contribution in [3.63, 3.8) is 0 Å². The molecular weight excluding hydrogens is 488 g/mol. The van der Waals surface area contributed by atoms with Gasteiger partial charge in [0, 0.05) is 17.9 Å². The highest BCUT2D eigenvalue weighted by atomic mass is 16.6. The number of esters is 5. The first-order valence-electron chi connectivity index (χ1n) is 12.9. The molecule has 0 bridgehead atoms. The van der Waals surface area contributed by atoms with Gasteiger partial charge in [-0.3, -0.25) is 4.79 Å². The van der Waals surface area contributed by atoms with Crippen molar-refractivity contribution in [2.24, 2.45) is 11.8 Å². The maximum absolute atomic E-state index is 12.8. The number of aliphatic hydroxyl groups excluding tert-OH is 3. The summed E-state index contributed by atoms with van der Waals surface area (Å²) in [5.41, 5.74) is -1.04. The Bertz CT molecular complexity index is 1050. The van der Waals surface area contributed by atoms with Crippen molar-refractivity contribution < 1.29 is 53.5 Å². The quantitative estimate of drug-likeness (QED) is 0.180. The van der Waals surface area contributed by atoms with E-state index in [1.54, 1.807) is 0 Å². The molecule has 37 heavy (non-hydrogen) atoms. The average molecular weight is 521 g/mol. The van der Waals surface area contributed by atoms with Crippen LogP contribution in [0.5, 0.6) is 0 Å². The molecule has 4 rings (SSSR count). The molecule has 3 N–H and O–H groups in total. The molecule has 3 aliphatic heterocycles. The molecule has 1 saturated heterocycles. The maximum Gasteiger partial charge on any atom is 0.345 e. The zero-order valence-electron chi connectivity index (χ0n) is 20.6. The SMILES string of the molecule is CCCCCC[C@@H](O)C1C2=C(CC([C@H](O)C3CCCC(=O)O3)CC3=C(C(=O)OC3=O)[C@@H]1O)C(=O)OC2=O. The molecule has 202 valence electrons. The number of cyclic esters (lactones) is 5. The van der Waals surface area contributed by atoms with Crippen molar-refractivity contribution in [1.29, 1.82) is 0 Å². The Labute approximate surface area is 213 Å². The molecule has 3 heterocycles. The lowest BCUT2D eigenvalue weighted by atomic mass is 9.80. The Kier molecular flexibility index (Phi) is 8.25. The van der Waals surface area contributed by atoms with E-state index in [2.05, 4.69) is 0 Å². The smallest absolute Gasteiger partial charge is 0.345 e. The zero-order valence-corrected chi connectivity index (χ0v) is 20.6. The van der Waals surface area contributed by atoms with Crippen LogP contribution in [0.15, 0.2) is 22.3 Å². The molecule has 0 spiro atoms. The summed E-state index contributed by atoms with van der Waals surface area (Å²) < 4.78 is 14.9. The number of carbonyl (C=O) groups excluding carboxylic acids is 5. The number of hydrogen-bond donors (Lipinski definition) is 3. The maximum atomic E-state index is 12.8. The topological polar surface area (TPSA) is 174 Å². The molecule has 4 aliphatic rings. The molecule has 0 amide bonds. The summed E-state index contributed by atoms with van der Waals surface area (Å²) >= 11 is 0. The standard InChI is InChI=1S/C26H32O11/c1-2-3-4-5-7-15(27)20-18-13(23(31)36-25(18)33)10-12(21(29)16-8-6-9-17(28)35-16)11-14-19(22(20)30)26(34)37-24(14)32/h12,15-16,20-22,27,29-30H,2-11H2,1H3/t12?,15-,16?,20?,21+,22+/m1/s1. The van der Waals surface area contributed by atoms with Crippen molar-refractivity contribution >= 4 is 29.8 Å². The zero-order chi connectivity index (χ0) is 26.9. The molecule has 0 saturated carbocycles. The van der Waals surface area contributed by atoms with Crippen LogP contribution in [-0.4, -0.2) is 69.6 Å². The van der Waals surface area contributed by atoms with E-state index < -0.39 is 71.7 Å². The molecule has 1 aliphatic carbocycles. The number of carbonyl (C=O) groups is 5. The van der Waals surface area contributed by atoms with Gasteiger partial charge in [-0.05, 0) is 38.0 Å². The highest BCUT2D eigenvalue weighted by Crippen LogP contribution is 2.43. The van der Waals surface area contributed by atoms with Crippen LogP contribution in [0.1, 0.15) is 71.1 Å². The van der Waals surface area contributed by atoms with Crippen LogP contribution in [0, 0.1) is 11.8 Å². The highest BCUT2D eigenvalue weighted by molar-refractivity contribution is 6.15. The van der Waals surface area contributed by atoms with Gasteiger partial charge >= 0.3 is 29.8 Å². The fourth-order valence-corrected chi connectivity index (χ4v) is 5.71.